The smallest absolute Gasteiger partial charge is 0.251 e. The number of rotatable bonds is 5. The van der Waals surface area contributed by atoms with Gasteiger partial charge in [-0.3, -0.25) is 14.3 Å². The Hall–Kier alpha value is -5.03. The van der Waals surface area contributed by atoms with Crippen LogP contribution in [0.5, 0.6) is 0 Å². The molecule has 6 rings (SSSR count). The van der Waals surface area contributed by atoms with Crippen molar-refractivity contribution in [3.05, 3.63) is 94.8 Å². The number of nitrogen functional groups attached to an aromatic ring is 1. The summed E-state index contributed by atoms with van der Waals surface area (Å²) in [6.45, 7) is 0.377. The lowest BCUT2D eigenvalue weighted by molar-refractivity contribution is -0.135. The van der Waals surface area contributed by atoms with Gasteiger partial charge in [0.2, 0.25) is 5.91 Å². The lowest BCUT2D eigenvalue weighted by atomic mass is 9.91. The second kappa shape index (κ2) is 10.3. The average molecular weight is 554 g/mol. The lowest BCUT2D eigenvalue weighted by Gasteiger charge is -2.35. The topological polar surface area (TPSA) is 137 Å². The van der Waals surface area contributed by atoms with E-state index < -0.39 is 6.04 Å². The highest BCUT2D eigenvalue weighted by Crippen LogP contribution is 2.32. The molecule has 3 N–H and O–H groups in total. The van der Waals surface area contributed by atoms with Crippen LogP contribution < -0.4 is 11.1 Å². The Labute approximate surface area is 233 Å². The third-order valence-corrected chi connectivity index (χ3v) is 7.19. The Kier molecular flexibility index (Phi) is 6.48. The van der Waals surface area contributed by atoms with Crippen LogP contribution in [0.15, 0.2) is 73.1 Å². The molecule has 0 fully saturated rings. The van der Waals surface area contributed by atoms with Crippen LogP contribution in [0.3, 0.4) is 0 Å². The molecular formula is C28H24ClN9O2. The van der Waals surface area contributed by atoms with Gasteiger partial charge in [-0.05, 0) is 70.4 Å². The second-order valence-electron chi connectivity index (χ2n) is 9.40. The van der Waals surface area contributed by atoms with E-state index in [-0.39, 0.29) is 11.8 Å². The number of aromatic nitrogens is 6. The Morgan fingerprint density at radius 2 is 1.98 bits per heavy atom. The van der Waals surface area contributed by atoms with E-state index in [1.807, 2.05) is 37.4 Å². The van der Waals surface area contributed by atoms with E-state index in [0.717, 1.165) is 22.0 Å². The SMILES string of the molecule is Cn1nc(N)c2cc(NC(=O)C3c4ccccc4CCN3C(=O)C=Cc3cc(Cl)ccc3-n3cnnn3)ccc21. The first-order chi connectivity index (χ1) is 19.4. The van der Waals surface area contributed by atoms with Gasteiger partial charge in [-0.15, -0.1) is 5.10 Å². The van der Waals surface area contributed by atoms with Crippen LogP contribution >= 0.6 is 11.6 Å². The Bertz CT molecular complexity index is 1780. The van der Waals surface area contributed by atoms with E-state index in [4.69, 9.17) is 17.3 Å². The molecule has 1 unspecified atom stereocenters. The summed E-state index contributed by atoms with van der Waals surface area (Å²) in [7, 11) is 1.81. The molecule has 1 aliphatic heterocycles. The molecule has 1 aliphatic rings. The minimum Gasteiger partial charge on any atom is -0.382 e. The number of aryl methyl sites for hydroxylation is 1. The van der Waals surface area contributed by atoms with Crippen molar-refractivity contribution in [1.82, 2.24) is 34.9 Å². The number of carbonyl (C=O) groups excluding carboxylic acids is 2. The van der Waals surface area contributed by atoms with Crippen LogP contribution in [0.1, 0.15) is 22.7 Å². The summed E-state index contributed by atoms with van der Waals surface area (Å²) < 4.78 is 3.17. The van der Waals surface area contributed by atoms with Crippen LogP contribution in [0, 0.1) is 0 Å². The van der Waals surface area contributed by atoms with Crippen molar-refractivity contribution in [3.63, 3.8) is 0 Å². The molecule has 2 aromatic heterocycles. The van der Waals surface area contributed by atoms with E-state index in [2.05, 4.69) is 25.9 Å². The molecule has 0 spiro atoms. The van der Waals surface area contributed by atoms with E-state index in [9.17, 15) is 9.59 Å². The number of halogens is 1. The van der Waals surface area contributed by atoms with E-state index >= 15 is 0 Å². The predicted molar refractivity (Wildman–Crippen MR) is 152 cm³/mol. The number of tetrazole rings is 1. The summed E-state index contributed by atoms with van der Waals surface area (Å²) in [4.78, 5) is 29.0. The summed E-state index contributed by atoms with van der Waals surface area (Å²) in [6.07, 6.45) is 5.18. The number of fused-ring (bicyclic) bond motifs is 2. The molecule has 40 heavy (non-hydrogen) atoms. The first-order valence-electron chi connectivity index (χ1n) is 12.5. The van der Waals surface area contributed by atoms with Gasteiger partial charge in [0.15, 0.2) is 5.82 Å². The Morgan fingerprint density at radius 3 is 2.80 bits per heavy atom. The molecule has 0 radical (unpaired) electrons. The van der Waals surface area contributed by atoms with Crippen molar-refractivity contribution in [2.75, 3.05) is 17.6 Å². The normalized spacial score (nSPS) is 14.9. The molecule has 11 nitrogen and oxygen atoms in total. The van der Waals surface area contributed by atoms with Crippen LogP contribution in [-0.2, 0) is 23.1 Å². The predicted octanol–water partition coefficient (Wildman–Crippen LogP) is 3.56. The maximum atomic E-state index is 13.8. The van der Waals surface area contributed by atoms with Crippen molar-refractivity contribution in [3.8, 4) is 5.69 Å². The monoisotopic (exact) mass is 553 g/mol. The van der Waals surface area contributed by atoms with Gasteiger partial charge in [-0.2, -0.15) is 9.78 Å². The third-order valence-electron chi connectivity index (χ3n) is 6.95. The second-order valence-corrected chi connectivity index (χ2v) is 9.84. The fourth-order valence-corrected chi connectivity index (χ4v) is 5.24. The maximum absolute atomic E-state index is 13.8. The molecule has 0 saturated heterocycles. The van der Waals surface area contributed by atoms with E-state index in [0.29, 0.717) is 40.7 Å². The standard InChI is InChI=1S/C28H24ClN9O2/c1-36-24-10-8-20(15-22(24)27(30)33-36)32-28(40)26-21-5-3-2-4-17(21)12-13-37(26)25(39)11-6-18-14-19(29)7-9-23(18)38-16-31-34-35-38/h2-11,14-16,26H,12-13H2,1H3,(H2,30,33)(H,32,40). The van der Waals surface area contributed by atoms with Gasteiger partial charge in [0.1, 0.15) is 12.4 Å². The van der Waals surface area contributed by atoms with Crippen molar-refractivity contribution in [2.24, 2.45) is 7.05 Å². The Morgan fingerprint density at radius 1 is 1.12 bits per heavy atom. The minimum absolute atomic E-state index is 0.316. The molecule has 200 valence electrons. The molecule has 0 saturated carbocycles. The number of anilines is 2. The maximum Gasteiger partial charge on any atom is 0.251 e. The minimum atomic E-state index is -0.831. The molecule has 1 atom stereocenters. The van der Waals surface area contributed by atoms with Crippen LogP contribution in [0.4, 0.5) is 11.5 Å². The highest BCUT2D eigenvalue weighted by Gasteiger charge is 2.35. The van der Waals surface area contributed by atoms with Crippen LogP contribution in [0.2, 0.25) is 5.02 Å². The zero-order valence-electron chi connectivity index (χ0n) is 21.4. The van der Waals surface area contributed by atoms with E-state index in [1.54, 1.807) is 46.0 Å². The molecular weight excluding hydrogens is 530 g/mol. The van der Waals surface area contributed by atoms with Gasteiger partial charge < -0.3 is 16.0 Å². The van der Waals surface area contributed by atoms with Gasteiger partial charge in [0, 0.05) is 41.3 Å². The zero-order valence-corrected chi connectivity index (χ0v) is 22.2. The number of carbonyl (C=O) groups is 2. The van der Waals surface area contributed by atoms with Crippen molar-refractivity contribution in [2.45, 2.75) is 12.5 Å². The van der Waals surface area contributed by atoms with Crippen molar-refractivity contribution >= 4 is 51.9 Å². The first-order valence-corrected chi connectivity index (χ1v) is 12.9. The fraction of sp³-hybridized carbons (Fsp3) is 0.143. The molecule has 3 heterocycles. The molecule has 0 aliphatic carbocycles. The molecule has 2 amide bonds. The number of nitrogens with two attached hydrogens (primary N) is 1. The molecule has 5 aromatic rings. The summed E-state index contributed by atoms with van der Waals surface area (Å²) in [5.41, 5.74) is 10.6. The van der Waals surface area contributed by atoms with Gasteiger partial charge >= 0.3 is 0 Å². The van der Waals surface area contributed by atoms with Crippen molar-refractivity contribution in [1.29, 1.82) is 0 Å². The fourth-order valence-electron chi connectivity index (χ4n) is 5.06. The molecule has 0 bridgehead atoms. The number of amides is 2. The first kappa shape index (κ1) is 25.3. The zero-order chi connectivity index (χ0) is 27.8. The van der Waals surface area contributed by atoms with E-state index in [1.165, 1.54) is 17.1 Å². The highest BCUT2D eigenvalue weighted by atomic mass is 35.5. The quantitative estimate of drug-likeness (QED) is 0.317. The van der Waals surface area contributed by atoms with Gasteiger partial charge in [0.05, 0.1) is 11.2 Å². The van der Waals surface area contributed by atoms with Gasteiger partial charge in [-0.25, -0.2) is 0 Å². The number of nitrogens with one attached hydrogen (secondary N) is 1. The highest BCUT2D eigenvalue weighted by molar-refractivity contribution is 6.30. The summed E-state index contributed by atoms with van der Waals surface area (Å²) in [5, 5.41) is 19.8. The van der Waals surface area contributed by atoms with Gasteiger partial charge in [-0.1, -0.05) is 35.9 Å². The van der Waals surface area contributed by atoms with Crippen LogP contribution in [-0.4, -0.2) is 53.2 Å². The third kappa shape index (κ3) is 4.67. The van der Waals surface area contributed by atoms with Crippen molar-refractivity contribution < 1.29 is 9.59 Å². The average Bonchev–Trinajstić information content (AvgIpc) is 3.59. The van der Waals surface area contributed by atoms with Crippen LogP contribution in [0.25, 0.3) is 22.7 Å². The molecule has 3 aromatic carbocycles. The number of hydrogen-bond acceptors (Lipinski definition) is 7. The number of benzene rings is 3. The number of hydrogen-bond donors (Lipinski definition) is 2. The number of nitrogens with zero attached hydrogens (tertiary/aromatic N) is 7. The van der Waals surface area contributed by atoms with Gasteiger partial charge in [0.25, 0.3) is 5.91 Å². The summed E-state index contributed by atoms with van der Waals surface area (Å²) >= 11 is 6.23. The largest absolute Gasteiger partial charge is 0.382 e. The lowest BCUT2D eigenvalue weighted by Crippen LogP contribution is -2.44. The summed E-state index contributed by atoms with van der Waals surface area (Å²) in [6, 6.07) is 17.5. The summed E-state index contributed by atoms with van der Waals surface area (Å²) in [5.74, 6) is -0.266. The Balaban J connectivity index is 1.31. The molecule has 12 heteroatoms.